The molecule has 0 aromatic carbocycles. The van der Waals surface area contributed by atoms with E-state index in [0.717, 1.165) is 38.5 Å². The standard InChI is InChI=1S/C19H24N4O4S/c1-13-17(28(24,25)23-9-5-6-10-23)11-16(26-13)19-22-15(12-20)18(27-19)21-14-7-3-2-4-8-14/h11,14,21H,2-10H2,1H3. The maximum atomic E-state index is 12.8. The quantitative estimate of drug-likeness (QED) is 0.809. The minimum atomic E-state index is -3.60. The van der Waals surface area contributed by atoms with Crippen LogP contribution >= 0.6 is 0 Å². The SMILES string of the molecule is Cc1oc(-c2nc(C#N)c(NC3CCCCC3)o2)cc1S(=O)(=O)N1CCCC1. The van der Waals surface area contributed by atoms with Crippen molar-refractivity contribution in [1.29, 1.82) is 5.26 Å². The number of aromatic nitrogens is 1. The van der Waals surface area contributed by atoms with Crippen molar-refractivity contribution in [3.05, 3.63) is 17.5 Å². The van der Waals surface area contributed by atoms with Gasteiger partial charge in [0.05, 0.1) is 0 Å². The zero-order chi connectivity index (χ0) is 19.7. The Balaban J connectivity index is 1.62. The molecule has 1 saturated heterocycles. The van der Waals surface area contributed by atoms with E-state index in [2.05, 4.69) is 10.3 Å². The Morgan fingerprint density at radius 1 is 1.18 bits per heavy atom. The highest BCUT2D eigenvalue weighted by Gasteiger charge is 2.32. The van der Waals surface area contributed by atoms with Crippen molar-refractivity contribution < 1.29 is 17.3 Å². The third-order valence-electron chi connectivity index (χ3n) is 5.44. The number of sulfonamides is 1. The summed E-state index contributed by atoms with van der Waals surface area (Å²) in [6, 6.07) is 3.74. The number of nitrogens with zero attached hydrogens (tertiary/aromatic N) is 3. The maximum Gasteiger partial charge on any atom is 0.266 e. The second-order valence-corrected chi connectivity index (χ2v) is 9.34. The van der Waals surface area contributed by atoms with Crippen LogP contribution in [0.4, 0.5) is 5.88 Å². The molecule has 3 heterocycles. The fraction of sp³-hybridized carbons (Fsp3) is 0.579. The first-order valence-electron chi connectivity index (χ1n) is 9.77. The Morgan fingerprint density at radius 2 is 1.89 bits per heavy atom. The lowest BCUT2D eigenvalue weighted by Gasteiger charge is -2.22. The molecular weight excluding hydrogens is 380 g/mol. The van der Waals surface area contributed by atoms with Crippen LogP contribution in [0.5, 0.6) is 0 Å². The Morgan fingerprint density at radius 3 is 2.57 bits per heavy atom. The second kappa shape index (κ2) is 7.60. The molecule has 0 amide bonds. The van der Waals surface area contributed by atoms with E-state index in [9.17, 15) is 13.7 Å². The van der Waals surface area contributed by atoms with Gasteiger partial charge in [-0.15, -0.1) is 0 Å². The molecule has 0 radical (unpaired) electrons. The molecule has 4 rings (SSSR count). The van der Waals surface area contributed by atoms with Gasteiger partial charge in [0.25, 0.3) is 5.89 Å². The number of anilines is 1. The molecule has 28 heavy (non-hydrogen) atoms. The predicted octanol–water partition coefficient (Wildman–Crippen LogP) is 3.64. The zero-order valence-corrected chi connectivity index (χ0v) is 16.7. The smallest absolute Gasteiger partial charge is 0.266 e. The van der Waals surface area contributed by atoms with Crippen LogP contribution in [-0.4, -0.2) is 36.8 Å². The minimum absolute atomic E-state index is 0.112. The first-order chi connectivity index (χ1) is 13.5. The molecule has 9 heteroatoms. The van der Waals surface area contributed by atoms with Gasteiger partial charge in [0.2, 0.25) is 21.6 Å². The Bertz CT molecular complexity index is 990. The molecule has 1 saturated carbocycles. The summed E-state index contributed by atoms with van der Waals surface area (Å²) in [6.07, 6.45) is 7.31. The molecule has 0 spiro atoms. The fourth-order valence-electron chi connectivity index (χ4n) is 3.93. The van der Waals surface area contributed by atoms with Gasteiger partial charge in [-0.1, -0.05) is 19.3 Å². The zero-order valence-electron chi connectivity index (χ0n) is 15.9. The van der Waals surface area contributed by atoms with Gasteiger partial charge in [-0.3, -0.25) is 0 Å². The number of rotatable bonds is 5. The molecule has 2 aromatic rings. The van der Waals surface area contributed by atoms with E-state index < -0.39 is 10.0 Å². The van der Waals surface area contributed by atoms with E-state index in [4.69, 9.17) is 8.83 Å². The average Bonchev–Trinajstić information content (AvgIpc) is 3.42. The predicted molar refractivity (Wildman–Crippen MR) is 102 cm³/mol. The molecule has 2 aliphatic rings. The molecule has 8 nitrogen and oxygen atoms in total. The van der Waals surface area contributed by atoms with Crippen molar-refractivity contribution in [3.63, 3.8) is 0 Å². The van der Waals surface area contributed by atoms with Gasteiger partial charge in [-0.25, -0.2) is 8.42 Å². The summed E-state index contributed by atoms with van der Waals surface area (Å²) >= 11 is 0. The van der Waals surface area contributed by atoms with Gasteiger partial charge in [0.15, 0.2) is 5.76 Å². The van der Waals surface area contributed by atoms with Crippen LogP contribution in [0.15, 0.2) is 19.8 Å². The molecule has 1 aliphatic heterocycles. The number of hydrogen-bond acceptors (Lipinski definition) is 7. The number of oxazole rings is 1. The summed E-state index contributed by atoms with van der Waals surface area (Å²) < 4.78 is 38.6. The lowest BCUT2D eigenvalue weighted by Crippen LogP contribution is -2.27. The number of aryl methyl sites for hydroxylation is 1. The third kappa shape index (κ3) is 3.54. The minimum Gasteiger partial charge on any atom is -0.455 e. The number of furan rings is 1. The van der Waals surface area contributed by atoms with Crippen molar-refractivity contribution in [1.82, 2.24) is 9.29 Å². The van der Waals surface area contributed by atoms with Gasteiger partial charge >= 0.3 is 0 Å². The van der Waals surface area contributed by atoms with Gasteiger partial charge in [0.1, 0.15) is 16.7 Å². The Hall–Kier alpha value is -2.31. The van der Waals surface area contributed by atoms with Gasteiger partial charge in [-0.2, -0.15) is 14.6 Å². The first kappa shape index (κ1) is 19.0. The van der Waals surface area contributed by atoms with Crippen LogP contribution in [0.3, 0.4) is 0 Å². The highest BCUT2D eigenvalue weighted by molar-refractivity contribution is 7.89. The number of hydrogen-bond donors (Lipinski definition) is 1. The third-order valence-corrected chi connectivity index (χ3v) is 7.45. The molecule has 2 aromatic heterocycles. The molecule has 150 valence electrons. The normalized spacial score (nSPS) is 19.0. The molecule has 0 atom stereocenters. The largest absolute Gasteiger partial charge is 0.455 e. The maximum absolute atomic E-state index is 12.8. The number of nitrogens with one attached hydrogen (secondary N) is 1. The summed E-state index contributed by atoms with van der Waals surface area (Å²) in [4.78, 5) is 4.33. The lowest BCUT2D eigenvalue weighted by molar-refractivity contribution is 0.447. The highest BCUT2D eigenvalue weighted by Crippen LogP contribution is 2.33. The van der Waals surface area contributed by atoms with Crippen LogP contribution in [0.1, 0.15) is 56.4 Å². The molecule has 1 N–H and O–H groups in total. The Kier molecular flexibility index (Phi) is 5.17. The fourth-order valence-corrected chi connectivity index (χ4v) is 5.60. The van der Waals surface area contributed by atoms with E-state index in [1.165, 1.54) is 16.8 Å². The van der Waals surface area contributed by atoms with Crippen molar-refractivity contribution >= 4 is 15.9 Å². The van der Waals surface area contributed by atoms with Gasteiger partial charge in [0, 0.05) is 25.2 Å². The highest BCUT2D eigenvalue weighted by atomic mass is 32.2. The van der Waals surface area contributed by atoms with Crippen LogP contribution in [-0.2, 0) is 10.0 Å². The molecular formula is C19H24N4O4S. The molecule has 0 unspecified atom stereocenters. The monoisotopic (exact) mass is 404 g/mol. The lowest BCUT2D eigenvalue weighted by atomic mass is 9.95. The van der Waals surface area contributed by atoms with Gasteiger partial charge < -0.3 is 14.2 Å². The summed E-state index contributed by atoms with van der Waals surface area (Å²) in [5.41, 5.74) is 0.151. The number of nitriles is 1. The summed E-state index contributed by atoms with van der Waals surface area (Å²) in [5, 5.41) is 12.7. The van der Waals surface area contributed by atoms with Crippen molar-refractivity contribution in [2.24, 2.45) is 0 Å². The topological polar surface area (TPSA) is 112 Å². The molecule has 2 fully saturated rings. The van der Waals surface area contributed by atoms with Crippen molar-refractivity contribution in [2.75, 3.05) is 18.4 Å². The molecule has 1 aliphatic carbocycles. The van der Waals surface area contributed by atoms with Crippen molar-refractivity contribution in [3.8, 4) is 17.7 Å². The van der Waals surface area contributed by atoms with E-state index in [1.807, 2.05) is 6.07 Å². The van der Waals surface area contributed by atoms with Crippen LogP contribution < -0.4 is 5.32 Å². The summed E-state index contributed by atoms with van der Waals surface area (Å²) in [7, 11) is -3.60. The van der Waals surface area contributed by atoms with E-state index in [1.54, 1.807) is 6.92 Å². The van der Waals surface area contributed by atoms with Crippen LogP contribution in [0, 0.1) is 18.3 Å². The average molecular weight is 404 g/mol. The van der Waals surface area contributed by atoms with Crippen molar-refractivity contribution in [2.45, 2.75) is 62.8 Å². The second-order valence-electron chi connectivity index (χ2n) is 7.43. The Labute approximate surface area is 164 Å². The van der Waals surface area contributed by atoms with Crippen LogP contribution in [0.2, 0.25) is 0 Å². The van der Waals surface area contributed by atoms with Gasteiger partial charge in [-0.05, 0) is 32.6 Å². The van der Waals surface area contributed by atoms with E-state index in [-0.39, 0.29) is 28.3 Å². The van der Waals surface area contributed by atoms with E-state index in [0.29, 0.717) is 24.7 Å². The summed E-state index contributed by atoms with van der Waals surface area (Å²) in [5.74, 6) is 0.937. The first-order valence-corrected chi connectivity index (χ1v) is 11.2. The van der Waals surface area contributed by atoms with E-state index >= 15 is 0 Å². The molecule has 0 bridgehead atoms. The van der Waals surface area contributed by atoms with Crippen LogP contribution in [0.25, 0.3) is 11.7 Å². The summed E-state index contributed by atoms with van der Waals surface area (Å²) in [6.45, 7) is 2.66.